The molecule has 142 valence electrons. The topological polar surface area (TPSA) is 60.0 Å². The van der Waals surface area contributed by atoms with Crippen molar-refractivity contribution in [2.45, 2.75) is 33.4 Å². The minimum absolute atomic E-state index is 0.0632. The molecule has 0 saturated carbocycles. The van der Waals surface area contributed by atoms with Gasteiger partial charge in [-0.2, -0.15) is 13.2 Å². The zero-order valence-electron chi connectivity index (χ0n) is 15.0. The minimum atomic E-state index is -4.20. The van der Waals surface area contributed by atoms with Gasteiger partial charge in [0.25, 0.3) is 0 Å². The van der Waals surface area contributed by atoms with Crippen LogP contribution in [-0.2, 0) is 4.79 Å². The summed E-state index contributed by atoms with van der Waals surface area (Å²) in [4.78, 5) is 19.0. The van der Waals surface area contributed by atoms with Gasteiger partial charge in [0.2, 0.25) is 5.91 Å². The second kappa shape index (κ2) is 11.9. The molecule has 0 spiro atoms. The Balaban J connectivity index is 4.26. The Morgan fingerprint density at radius 1 is 1.12 bits per heavy atom. The van der Waals surface area contributed by atoms with Crippen LogP contribution in [0.4, 0.5) is 13.2 Å². The van der Waals surface area contributed by atoms with Crippen molar-refractivity contribution in [2.24, 2.45) is 4.99 Å². The Kier molecular flexibility index (Phi) is 11.2. The smallest absolute Gasteiger partial charge is 0.357 e. The number of rotatable bonds is 10. The summed E-state index contributed by atoms with van der Waals surface area (Å²) in [6, 6.07) is 0. The standard InChI is InChI=1S/C15H30F3N5O/c1-5-19-14(20-9-8-13(24)23(6-2)7-3)21-10-11-22(4)12-15(16,17)18/h5-12H2,1-4H3,(H2,19,20,21). The van der Waals surface area contributed by atoms with Crippen molar-refractivity contribution < 1.29 is 18.0 Å². The molecule has 0 fully saturated rings. The molecule has 0 aliphatic heterocycles. The lowest BCUT2D eigenvalue weighted by atomic mass is 10.3. The molecule has 0 saturated heterocycles. The Morgan fingerprint density at radius 3 is 2.25 bits per heavy atom. The van der Waals surface area contributed by atoms with E-state index in [0.717, 1.165) is 0 Å². The average molecular weight is 353 g/mol. The van der Waals surface area contributed by atoms with E-state index < -0.39 is 12.7 Å². The number of amides is 1. The van der Waals surface area contributed by atoms with Crippen molar-refractivity contribution in [2.75, 3.05) is 52.9 Å². The van der Waals surface area contributed by atoms with E-state index in [0.29, 0.717) is 38.6 Å². The summed E-state index contributed by atoms with van der Waals surface area (Å²) in [5.74, 6) is 0.568. The van der Waals surface area contributed by atoms with Crippen molar-refractivity contribution in [3.63, 3.8) is 0 Å². The molecule has 0 heterocycles. The molecule has 24 heavy (non-hydrogen) atoms. The maximum Gasteiger partial charge on any atom is 0.401 e. The largest absolute Gasteiger partial charge is 0.401 e. The van der Waals surface area contributed by atoms with E-state index in [1.54, 1.807) is 4.90 Å². The lowest BCUT2D eigenvalue weighted by Gasteiger charge is -2.19. The van der Waals surface area contributed by atoms with E-state index in [2.05, 4.69) is 15.6 Å². The van der Waals surface area contributed by atoms with Gasteiger partial charge in [0, 0.05) is 39.1 Å². The molecule has 0 rings (SSSR count). The predicted octanol–water partition coefficient (Wildman–Crippen LogP) is 1.29. The van der Waals surface area contributed by atoms with E-state index in [-0.39, 0.29) is 19.0 Å². The molecule has 6 nitrogen and oxygen atoms in total. The Hall–Kier alpha value is -1.51. The van der Waals surface area contributed by atoms with Crippen LogP contribution in [-0.4, -0.2) is 80.7 Å². The van der Waals surface area contributed by atoms with E-state index in [9.17, 15) is 18.0 Å². The highest BCUT2D eigenvalue weighted by atomic mass is 19.4. The molecule has 2 N–H and O–H groups in total. The Bertz CT molecular complexity index is 384. The first-order valence-electron chi connectivity index (χ1n) is 8.28. The summed E-state index contributed by atoms with van der Waals surface area (Å²) in [6.45, 7) is 7.66. The zero-order valence-corrected chi connectivity index (χ0v) is 15.0. The third kappa shape index (κ3) is 11.1. The van der Waals surface area contributed by atoms with Crippen LogP contribution in [0, 0.1) is 0 Å². The number of hydrogen-bond acceptors (Lipinski definition) is 3. The highest BCUT2D eigenvalue weighted by Crippen LogP contribution is 2.15. The van der Waals surface area contributed by atoms with E-state index in [1.807, 2.05) is 20.8 Å². The third-order valence-electron chi connectivity index (χ3n) is 3.29. The van der Waals surface area contributed by atoms with Crippen LogP contribution in [0.25, 0.3) is 0 Å². The SMILES string of the molecule is CCNC(=NCCN(C)CC(F)(F)F)NCCC(=O)N(CC)CC. The van der Waals surface area contributed by atoms with Gasteiger partial charge in [-0.3, -0.25) is 14.7 Å². The second-order valence-electron chi connectivity index (χ2n) is 5.36. The molecule has 0 aliphatic carbocycles. The lowest BCUT2D eigenvalue weighted by Crippen LogP contribution is -2.40. The molecule has 0 aromatic heterocycles. The fourth-order valence-electron chi connectivity index (χ4n) is 2.08. The van der Waals surface area contributed by atoms with Crippen LogP contribution in [0.1, 0.15) is 27.2 Å². The van der Waals surface area contributed by atoms with Gasteiger partial charge in [-0.05, 0) is 27.8 Å². The van der Waals surface area contributed by atoms with Gasteiger partial charge in [-0.25, -0.2) is 0 Å². The molecule has 0 unspecified atom stereocenters. The first-order valence-corrected chi connectivity index (χ1v) is 8.28. The van der Waals surface area contributed by atoms with Gasteiger partial charge < -0.3 is 15.5 Å². The van der Waals surface area contributed by atoms with Gasteiger partial charge in [0.15, 0.2) is 5.96 Å². The van der Waals surface area contributed by atoms with Gasteiger partial charge in [-0.15, -0.1) is 0 Å². The molecule has 0 bridgehead atoms. The van der Waals surface area contributed by atoms with Gasteiger partial charge in [0.1, 0.15) is 0 Å². The first-order chi connectivity index (χ1) is 11.2. The minimum Gasteiger partial charge on any atom is -0.357 e. The molecule has 1 amide bonds. The monoisotopic (exact) mass is 353 g/mol. The van der Waals surface area contributed by atoms with Crippen LogP contribution in [0.2, 0.25) is 0 Å². The van der Waals surface area contributed by atoms with E-state index in [4.69, 9.17) is 0 Å². The third-order valence-corrected chi connectivity index (χ3v) is 3.29. The average Bonchev–Trinajstić information content (AvgIpc) is 2.46. The van der Waals surface area contributed by atoms with Crippen LogP contribution >= 0.6 is 0 Å². The van der Waals surface area contributed by atoms with Crippen molar-refractivity contribution in [1.82, 2.24) is 20.4 Å². The number of alkyl halides is 3. The number of aliphatic imine (C=N–C) groups is 1. The fourth-order valence-corrected chi connectivity index (χ4v) is 2.08. The van der Waals surface area contributed by atoms with Crippen molar-refractivity contribution in [3.05, 3.63) is 0 Å². The van der Waals surface area contributed by atoms with Crippen molar-refractivity contribution in [1.29, 1.82) is 0 Å². The summed E-state index contributed by atoms with van der Waals surface area (Å²) in [7, 11) is 1.41. The summed E-state index contributed by atoms with van der Waals surface area (Å²) in [5, 5.41) is 6.04. The van der Waals surface area contributed by atoms with Gasteiger partial charge in [-0.1, -0.05) is 0 Å². The molecule has 0 atom stereocenters. The summed E-state index contributed by atoms with van der Waals surface area (Å²) in [6.07, 6.45) is -3.86. The second-order valence-corrected chi connectivity index (χ2v) is 5.36. The molecule has 0 radical (unpaired) electrons. The van der Waals surface area contributed by atoms with E-state index >= 15 is 0 Å². The molecule has 0 aromatic rings. The maximum absolute atomic E-state index is 12.2. The maximum atomic E-state index is 12.2. The lowest BCUT2D eigenvalue weighted by molar-refractivity contribution is -0.142. The molecular weight excluding hydrogens is 323 g/mol. The molecule has 0 aliphatic rings. The van der Waals surface area contributed by atoms with Crippen LogP contribution in [0.3, 0.4) is 0 Å². The molecular formula is C15H30F3N5O. The normalized spacial score (nSPS) is 12.4. The quantitative estimate of drug-likeness (QED) is 0.459. The summed E-state index contributed by atoms with van der Waals surface area (Å²) < 4.78 is 36.7. The van der Waals surface area contributed by atoms with Crippen LogP contribution in [0.15, 0.2) is 4.99 Å². The van der Waals surface area contributed by atoms with E-state index in [1.165, 1.54) is 11.9 Å². The molecule has 9 heteroatoms. The number of guanidine groups is 1. The number of carbonyl (C=O) groups is 1. The fraction of sp³-hybridized carbons (Fsp3) is 0.867. The predicted molar refractivity (Wildman–Crippen MR) is 90.1 cm³/mol. The summed E-state index contributed by atoms with van der Waals surface area (Å²) >= 11 is 0. The Morgan fingerprint density at radius 2 is 1.75 bits per heavy atom. The van der Waals surface area contributed by atoms with Crippen molar-refractivity contribution >= 4 is 11.9 Å². The number of nitrogens with one attached hydrogen (secondary N) is 2. The van der Waals surface area contributed by atoms with Crippen LogP contribution < -0.4 is 10.6 Å². The first kappa shape index (κ1) is 22.5. The zero-order chi connectivity index (χ0) is 18.6. The number of hydrogen-bond donors (Lipinski definition) is 2. The van der Waals surface area contributed by atoms with Crippen LogP contribution in [0.5, 0.6) is 0 Å². The highest BCUT2D eigenvalue weighted by molar-refractivity contribution is 5.81. The highest BCUT2D eigenvalue weighted by Gasteiger charge is 2.28. The summed E-state index contributed by atoms with van der Waals surface area (Å²) in [5.41, 5.74) is 0. The van der Waals surface area contributed by atoms with Crippen molar-refractivity contribution in [3.8, 4) is 0 Å². The number of halogens is 3. The van der Waals surface area contributed by atoms with Gasteiger partial charge >= 0.3 is 6.18 Å². The number of likely N-dealkylation sites (N-methyl/N-ethyl adjacent to an activating group) is 1. The van der Waals surface area contributed by atoms with Gasteiger partial charge in [0.05, 0.1) is 13.1 Å². The Labute approximate surface area is 142 Å². The number of nitrogens with zero attached hydrogens (tertiary/aromatic N) is 3. The number of carbonyl (C=O) groups excluding carboxylic acids is 1. The molecule has 0 aromatic carbocycles.